The Labute approximate surface area is 111 Å². The zero-order valence-corrected chi connectivity index (χ0v) is 12.0. The van der Waals surface area contributed by atoms with Gasteiger partial charge < -0.3 is 9.47 Å². The maximum atomic E-state index is 9.50. The highest BCUT2D eigenvalue weighted by Crippen LogP contribution is 2.40. The summed E-state index contributed by atoms with van der Waals surface area (Å²) in [5.41, 5.74) is -0.519. The third-order valence-electron chi connectivity index (χ3n) is 3.17. The third kappa shape index (κ3) is 4.56. The van der Waals surface area contributed by atoms with Crippen molar-refractivity contribution >= 4 is 0 Å². The van der Waals surface area contributed by atoms with Crippen molar-refractivity contribution in [2.24, 2.45) is 5.92 Å². The van der Waals surface area contributed by atoms with Crippen LogP contribution in [0.1, 0.15) is 40.5 Å². The Hall–Kier alpha value is -0.630. The van der Waals surface area contributed by atoms with Crippen LogP contribution < -0.4 is 5.32 Å². The summed E-state index contributed by atoms with van der Waals surface area (Å²) >= 11 is 0. The first kappa shape index (κ1) is 15.4. The summed E-state index contributed by atoms with van der Waals surface area (Å²) in [4.78, 5) is 0. The molecule has 1 aliphatic rings. The zero-order chi connectivity index (χ0) is 13.6. The van der Waals surface area contributed by atoms with Gasteiger partial charge in [-0.2, -0.15) is 5.26 Å². The van der Waals surface area contributed by atoms with Crippen molar-refractivity contribution in [2.75, 3.05) is 19.8 Å². The first-order chi connectivity index (χ1) is 8.54. The summed E-state index contributed by atoms with van der Waals surface area (Å²) in [7, 11) is 0. The summed E-state index contributed by atoms with van der Waals surface area (Å²) in [6, 6.07) is 2.73. The van der Waals surface area contributed by atoms with Gasteiger partial charge in [0, 0.05) is 12.6 Å². The van der Waals surface area contributed by atoms with Crippen molar-refractivity contribution in [3.8, 4) is 6.07 Å². The highest BCUT2D eigenvalue weighted by atomic mass is 16.5. The largest absolute Gasteiger partial charge is 0.379 e. The van der Waals surface area contributed by atoms with E-state index in [0.717, 1.165) is 12.8 Å². The van der Waals surface area contributed by atoms with Gasteiger partial charge in [0.15, 0.2) is 0 Å². The molecule has 4 nitrogen and oxygen atoms in total. The van der Waals surface area contributed by atoms with Gasteiger partial charge in [-0.1, -0.05) is 0 Å². The average Bonchev–Trinajstić information content (AvgIpc) is 3.15. The maximum absolute atomic E-state index is 9.50. The lowest BCUT2D eigenvalue weighted by Gasteiger charge is -2.31. The van der Waals surface area contributed by atoms with E-state index in [1.165, 1.54) is 0 Å². The van der Waals surface area contributed by atoms with Gasteiger partial charge in [-0.15, -0.1) is 0 Å². The van der Waals surface area contributed by atoms with Crippen molar-refractivity contribution < 1.29 is 9.47 Å². The molecule has 18 heavy (non-hydrogen) atoms. The van der Waals surface area contributed by atoms with E-state index in [1.807, 2.05) is 13.8 Å². The Morgan fingerprint density at radius 3 is 2.50 bits per heavy atom. The molecule has 4 heteroatoms. The highest BCUT2D eigenvalue weighted by Gasteiger charge is 2.46. The molecule has 0 heterocycles. The Bertz CT molecular complexity index is 284. The van der Waals surface area contributed by atoms with Crippen LogP contribution in [-0.4, -0.2) is 37.5 Å². The molecule has 0 aromatic rings. The molecule has 0 aliphatic heterocycles. The second kappa shape index (κ2) is 7.08. The molecule has 0 radical (unpaired) electrons. The van der Waals surface area contributed by atoms with Crippen LogP contribution in [0.4, 0.5) is 0 Å². The quantitative estimate of drug-likeness (QED) is 0.684. The predicted octanol–water partition coefficient (Wildman–Crippen LogP) is 2.10. The van der Waals surface area contributed by atoms with E-state index in [4.69, 9.17) is 9.47 Å². The molecule has 1 aliphatic carbocycles. The Morgan fingerprint density at radius 1 is 1.39 bits per heavy atom. The van der Waals surface area contributed by atoms with E-state index in [2.05, 4.69) is 25.2 Å². The van der Waals surface area contributed by atoms with Crippen molar-refractivity contribution in [1.29, 1.82) is 5.26 Å². The standard InChI is InChI=1S/C14H26N2O2/c1-5-17-8-12(4)18-10-14(9-15,13-6-7-13)16-11(2)3/h11-13,16H,5-8,10H2,1-4H3. The van der Waals surface area contributed by atoms with Gasteiger partial charge in [-0.05, 0) is 46.5 Å². The first-order valence-electron chi connectivity index (χ1n) is 6.92. The zero-order valence-electron chi connectivity index (χ0n) is 12.0. The molecule has 0 aromatic heterocycles. The van der Waals surface area contributed by atoms with Crippen molar-refractivity contribution in [3.63, 3.8) is 0 Å². The van der Waals surface area contributed by atoms with Gasteiger partial charge >= 0.3 is 0 Å². The summed E-state index contributed by atoms with van der Waals surface area (Å²) < 4.78 is 11.1. The maximum Gasteiger partial charge on any atom is 0.133 e. The van der Waals surface area contributed by atoms with Gasteiger partial charge in [0.05, 0.1) is 25.4 Å². The smallest absolute Gasteiger partial charge is 0.133 e. The van der Waals surface area contributed by atoms with Crippen molar-refractivity contribution in [1.82, 2.24) is 5.32 Å². The normalized spacial score (nSPS) is 20.4. The molecule has 0 spiro atoms. The molecule has 2 unspecified atom stereocenters. The molecule has 2 atom stereocenters. The Kier molecular flexibility index (Phi) is 6.07. The molecule has 0 bridgehead atoms. The van der Waals surface area contributed by atoms with Gasteiger partial charge in [-0.25, -0.2) is 0 Å². The van der Waals surface area contributed by atoms with Crippen molar-refractivity contribution in [3.05, 3.63) is 0 Å². The van der Waals surface area contributed by atoms with E-state index >= 15 is 0 Å². The monoisotopic (exact) mass is 254 g/mol. The van der Waals surface area contributed by atoms with Crippen LogP contribution in [0.25, 0.3) is 0 Å². The van der Waals surface area contributed by atoms with Gasteiger partial charge in [0.2, 0.25) is 0 Å². The van der Waals surface area contributed by atoms with Gasteiger partial charge in [0.1, 0.15) is 5.54 Å². The summed E-state index contributed by atoms with van der Waals surface area (Å²) in [5, 5.41) is 12.9. The van der Waals surface area contributed by atoms with E-state index in [-0.39, 0.29) is 12.1 Å². The van der Waals surface area contributed by atoms with Crippen LogP contribution in [0.5, 0.6) is 0 Å². The fourth-order valence-electron chi connectivity index (χ4n) is 2.13. The molecular weight excluding hydrogens is 228 g/mol. The lowest BCUT2D eigenvalue weighted by atomic mass is 9.95. The number of nitriles is 1. The number of hydrogen-bond acceptors (Lipinski definition) is 4. The molecule has 1 saturated carbocycles. The predicted molar refractivity (Wildman–Crippen MR) is 71.2 cm³/mol. The van der Waals surface area contributed by atoms with Crippen LogP contribution in [0.3, 0.4) is 0 Å². The lowest BCUT2D eigenvalue weighted by molar-refractivity contribution is -0.0243. The van der Waals surface area contributed by atoms with Crippen LogP contribution in [0, 0.1) is 17.2 Å². The van der Waals surface area contributed by atoms with E-state index in [0.29, 0.717) is 25.7 Å². The number of nitrogens with zero attached hydrogens (tertiary/aromatic N) is 1. The number of rotatable bonds is 9. The number of hydrogen-bond donors (Lipinski definition) is 1. The van der Waals surface area contributed by atoms with E-state index in [1.54, 1.807) is 0 Å². The third-order valence-corrected chi connectivity index (χ3v) is 3.17. The molecule has 0 aromatic carbocycles. The number of nitrogens with one attached hydrogen (secondary N) is 1. The first-order valence-corrected chi connectivity index (χ1v) is 6.92. The molecule has 1 N–H and O–H groups in total. The summed E-state index contributed by atoms with van der Waals surface area (Å²) in [6.45, 7) is 9.82. The highest BCUT2D eigenvalue weighted by molar-refractivity contribution is 5.16. The fourth-order valence-corrected chi connectivity index (χ4v) is 2.13. The van der Waals surface area contributed by atoms with Crippen LogP contribution in [-0.2, 0) is 9.47 Å². The molecular formula is C14H26N2O2. The van der Waals surface area contributed by atoms with Crippen LogP contribution in [0.2, 0.25) is 0 Å². The molecule has 0 saturated heterocycles. The Balaban J connectivity index is 2.49. The van der Waals surface area contributed by atoms with Crippen LogP contribution in [0.15, 0.2) is 0 Å². The molecule has 1 fully saturated rings. The van der Waals surface area contributed by atoms with E-state index < -0.39 is 5.54 Å². The Morgan fingerprint density at radius 2 is 2.06 bits per heavy atom. The molecule has 0 amide bonds. The van der Waals surface area contributed by atoms with Crippen LogP contribution >= 0.6 is 0 Å². The minimum absolute atomic E-state index is 0.0328. The summed E-state index contributed by atoms with van der Waals surface area (Å²) in [6.07, 6.45) is 2.28. The van der Waals surface area contributed by atoms with Crippen molar-refractivity contribution in [2.45, 2.75) is 58.2 Å². The minimum atomic E-state index is -0.519. The topological polar surface area (TPSA) is 54.3 Å². The lowest BCUT2D eigenvalue weighted by Crippen LogP contribution is -2.53. The summed E-state index contributed by atoms with van der Waals surface area (Å²) in [5.74, 6) is 0.434. The second-order valence-corrected chi connectivity index (χ2v) is 5.44. The number of ether oxygens (including phenoxy) is 2. The molecule has 1 rings (SSSR count). The SMILES string of the molecule is CCOCC(C)OCC(C#N)(NC(C)C)C1CC1. The van der Waals surface area contributed by atoms with Gasteiger partial charge in [-0.3, -0.25) is 5.32 Å². The van der Waals surface area contributed by atoms with E-state index in [9.17, 15) is 5.26 Å². The van der Waals surface area contributed by atoms with Gasteiger partial charge in [0.25, 0.3) is 0 Å². The minimum Gasteiger partial charge on any atom is -0.379 e. The second-order valence-electron chi connectivity index (χ2n) is 5.44. The molecule has 104 valence electrons. The average molecular weight is 254 g/mol. The fraction of sp³-hybridized carbons (Fsp3) is 0.929.